The maximum Gasteiger partial charge on any atom is 0.337 e. The van der Waals surface area contributed by atoms with Gasteiger partial charge >= 0.3 is 11.9 Å². The van der Waals surface area contributed by atoms with Gasteiger partial charge in [-0.1, -0.05) is 13.8 Å². The molecular weight excluding hydrogens is 464 g/mol. The van der Waals surface area contributed by atoms with E-state index in [2.05, 4.69) is 0 Å². The molecule has 214 valence electrons. The third-order valence-electron chi connectivity index (χ3n) is 5.15. The third-order valence-corrected chi connectivity index (χ3v) is 5.15. The standard InChI is InChI=1S/C28H54O8/c1-19(2)34-21(5)15-31-23(29)27(11,12)33-18-25(7,8)17-26(9,10)36-28(13,14)24(30)32-16-22(6)35-20(3)4/h19-22H,15-18H2,1-14H3. The minimum atomic E-state index is -1.14. The second-order valence-corrected chi connectivity index (χ2v) is 12.7. The SMILES string of the molecule is CC(C)OC(C)COC(=O)C(C)(C)OCC(C)(C)CC(C)(C)OC(C)(C)C(=O)OCC(C)OC(C)C. The van der Waals surface area contributed by atoms with Crippen molar-refractivity contribution >= 4 is 11.9 Å². The molecule has 2 atom stereocenters. The minimum absolute atomic E-state index is 0.0561. The van der Waals surface area contributed by atoms with Crippen molar-refractivity contribution in [3.05, 3.63) is 0 Å². The van der Waals surface area contributed by atoms with E-state index in [0.717, 1.165) is 0 Å². The van der Waals surface area contributed by atoms with E-state index in [4.69, 9.17) is 28.4 Å². The summed E-state index contributed by atoms with van der Waals surface area (Å²) in [4.78, 5) is 25.3. The van der Waals surface area contributed by atoms with Crippen LogP contribution in [0.25, 0.3) is 0 Å². The molecule has 0 rings (SSSR count). The molecular formula is C28H54O8. The van der Waals surface area contributed by atoms with Crippen molar-refractivity contribution in [2.24, 2.45) is 5.41 Å². The molecule has 0 spiro atoms. The summed E-state index contributed by atoms with van der Waals surface area (Å²) in [6.45, 7) is 26.9. The van der Waals surface area contributed by atoms with Gasteiger partial charge in [0.05, 0.1) is 36.6 Å². The predicted octanol–water partition coefficient (Wildman–Crippen LogP) is 5.49. The van der Waals surface area contributed by atoms with E-state index < -0.39 is 28.7 Å². The van der Waals surface area contributed by atoms with Crippen LogP contribution >= 0.6 is 0 Å². The zero-order valence-electron chi connectivity index (χ0n) is 25.4. The highest BCUT2D eigenvalue weighted by Gasteiger charge is 2.41. The lowest BCUT2D eigenvalue weighted by Gasteiger charge is -2.40. The first-order valence-corrected chi connectivity index (χ1v) is 13.1. The highest BCUT2D eigenvalue weighted by molar-refractivity contribution is 5.79. The summed E-state index contributed by atoms with van der Waals surface area (Å²) in [7, 11) is 0. The predicted molar refractivity (Wildman–Crippen MR) is 141 cm³/mol. The Bertz CT molecular complexity index is 679. The van der Waals surface area contributed by atoms with Gasteiger partial charge in [-0.25, -0.2) is 9.59 Å². The lowest BCUT2D eigenvalue weighted by molar-refractivity contribution is -0.196. The molecule has 2 unspecified atom stereocenters. The summed E-state index contributed by atoms with van der Waals surface area (Å²) < 4.78 is 34.3. The fraction of sp³-hybridized carbons (Fsp3) is 0.929. The fourth-order valence-electron chi connectivity index (χ4n) is 4.15. The Kier molecular flexibility index (Phi) is 13.6. The van der Waals surface area contributed by atoms with Gasteiger partial charge in [-0.15, -0.1) is 0 Å². The second kappa shape index (κ2) is 14.1. The zero-order chi connectivity index (χ0) is 28.5. The van der Waals surface area contributed by atoms with Gasteiger partial charge in [0.15, 0.2) is 11.2 Å². The molecule has 36 heavy (non-hydrogen) atoms. The van der Waals surface area contributed by atoms with E-state index in [1.807, 2.05) is 69.2 Å². The molecule has 0 saturated carbocycles. The van der Waals surface area contributed by atoms with Crippen LogP contribution in [-0.2, 0) is 38.0 Å². The largest absolute Gasteiger partial charge is 0.461 e. The number of ether oxygens (including phenoxy) is 6. The van der Waals surface area contributed by atoms with E-state index in [9.17, 15) is 9.59 Å². The van der Waals surface area contributed by atoms with E-state index >= 15 is 0 Å². The average Bonchev–Trinajstić information content (AvgIpc) is 2.66. The lowest BCUT2D eigenvalue weighted by Crippen LogP contribution is -2.47. The highest BCUT2D eigenvalue weighted by atomic mass is 16.6. The Balaban J connectivity index is 4.89. The van der Waals surface area contributed by atoms with Crippen LogP contribution in [0.2, 0.25) is 0 Å². The van der Waals surface area contributed by atoms with Crippen LogP contribution < -0.4 is 0 Å². The monoisotopic (exact) mass is 518 g/mol. The van der Waals surface area contributed by atoms with Crippen molar-refractivity contribution < 1.29 is 38.0 Å². The Morgan fingerprint density at radius 3 is 1.42 bits per heavy atom. The van der Waals surface area contributed by atoms with Gasteiger partial charge in [-0.3, -0.25) is 0 Å². The van der Waals surface area contributed by atoms with Gasteiger partial charge in [-0.2, -0.15) is 0 Å². The van der Waals surface area contributed by atoms with Crippen molar-refractivity contribution in [2.45, 2.75) is 145 Å². The Hall–Kier alpha value is -1.22. The van der Waals surface area contributed by atoms with Gasteiger partial charge < -0.3 is 28.4 Å². The number of rotatable bonds is 17. The molecule has 0 N–H and O–H groups in total. The number of esters is 2. The highest BCUT2D eigenvalue weighted by Crippen LogP contribution is 2.35. The quantitative estimate of drug-likeness (QED) is 0.234. The summed E-state index contributed by atoms with van der Waals surface area (Å²) in [5.41, 5.74) is -3.27. The van der Waals surface area contributed by atoms with Crippen LogP contribution in [0.1, 0.15) is 103 Å². The van der Waals surface area contributed by atoms with Gasteiger partial charge in [-0.05, 0) is 94.9 Å². The molecule has 0 aliphatic carbocycles. The first kappa shape index (κ1) is 34.8. The molecule has 0 aromatic heterocycles. The topological polar surface area (TPSA) is 89.5 Å². The van der Waals surface area contributed by atoms with Crippen molar-refractivity contribution in [2.75, 3.05) is 19.8 Å². The zero-order valence-corrected chi connectivity index (χ0v) is 25.4. The van der Waals surface area contributed by atoms with E-state index in [-0.39, 0.29) is 43.0 Å². The van der Waals surface area contributed by atoms with Gasteiger partial charge in [0.1, 0.15) is 13.2 Å². The van der Waals surface area contributed by atoms with Crippen molar-refractivity contribution in [1.29, 1.82) is 0 Å². The summed E-state index contributed by atoms with van der Waals surface area (Å²) in [5, 5.41) is 0. The van der Waals surface area contributed by atoms with Crippen LogP contribution in [-0.4, -0.2) is 73.0 Å². The third kappa shape index (κ3) is 14.5. The molecule has 0 saturated heterocycles. The Labute approximate surface area is 220 Å². The molecule has 0 bridgehead atoms. The number of hydrogen-bond donors (Lipinski definition) is 0. The lowest BCUT2D eigenvalue weighted by atomic mass is 9.82. The summed E-state index contributed by atoms with van der Waals surface area (Å²) in [5.74, 6) is -0.879. The fourth-order valence-corrected chi connectivity index (χ4v) is 4.15. The summed E-state index contributed by atoms with van der Waals surface area (Å²) in [6, 6.07) is 0. The molecule has 0 fully saturated rings. The van der Waals surface area contributed by atoms with Crippen LogP contribution in [0, 0.1) is 5.41 Å². The molecule has 0 aliphatic heterocycles. The summed E-state index contributed by atoms with van der Waals surface area (Å²) >= 11 is 0. The number of carbonyl (C=O) groups excluding carboxylic acids is 2. The maximum atomic E-state index is 12.7. The Morgan fingerprint density at radius 1 is 0.639 bits per heavy atom. The van der Waals surface area contributed by atoms with Gasteiger partial charge in [0, 0.05) is 0 Å². The molecule has 8 nitrogen and oxygen atoms in total. The number of carbonyl (C=O) groups is 2. The van der Waals surface area contributed by atoms with Gasteiger partial charge in [0.25, 0.3) is 0 Å². The summed E-state index contributed by atoms with van der Waals surface area (Å²) in [6.07, 6.45) is 0.299. The Morgan fingerprint density at radius 2 is 1.03 bits per heavy atom. The number of hydrogen-bond acceptors (Lipinski definition) is 8. The van der Waals surface area contributed by atoms with Crippen LogP contribution in [0.15, 0.2) is 0 Å². The molecule has 0 radical (unpaired) electrons. The minimum Gasteiger partial charge on any atom is -0.461 e. The van der Waals surface area contributed by atoms with Crippen LogP contribution in [0.3, 0.4) is 0 Å². The second-order valence-electron chi connectivity index (χ2n) is 12.7. The first-order valence-electron chi connectivity index (χ1n) is 13.1. The molecule has 0 amide bonds. The smallest absolute Gasteiger partial charge is 0.337 e. The molecule has 0 aromatic carbocycles. The first-order chi connectivity index (χ1) is 16.1. The van der Waals surface area contributed by atoms with Crippen molar-refractivity contribution in [3.63, 3.8) is 0 Å². The van der Waals surface area contributed by atoms with Crippen molar-refractivity contribution in [3.8, 4) is 0 Å². The average molecular weight is 519 g/mol. The molecule has 0 aliphatic rings. The normalized spacial score (nSPS) is 15.2. The molecule has 0 aromatic rings. The van der Waals surface area contributed by atoms with Crippen molar-refractivity contribution in [1.82, 2.24) is 0 Å². The van der Waals surface area contributed by atoms with E-state index in [0.29, 0.717) is 13.0 Å². The van der Waals surface area contributed by atoms with Gasteiger partial charge in [0.2, 0.25) is 0 Å². The molecule has 0 heterocycles. The van der Waals surface area contributed by atoms with Crippen LogP contribution in [0.4, 0.5) is 0 Å². The van der Waals surface area contributed by atoms with E-state index in [1.165, 1.54) is 0 Å². The molecule has 8 heteroatoms. The van der Waals surface area contributed by atoms with Crippen LogP contribution in [0.5, 0.6) is 0 Å². The maximum absolute atomic E-state index is 12.7. The van der Waals surface area contributed by atoms with E-state index in [1.54, 1.807) is 27.7 Å².